The van der Waals surface area contributed by atoms with Crippen molar-refractivity contribution in [2.75, 3.05) is 0 Å². The molecule has 0 aromatic heterocycles. The van der Waals surface area contributed by atoms with E-state index in [2.05, 4.69) is 0 Å². The van der Waals surface area contributed by atoms with Gasteiger partial charge in [0.1, 0.15) is 0 Å². The van der Waals surface area contributed by atoms with E-state index >= 15 is 0 Å². The summed E-state index contributed by atoms with van der Waals surface area (Å²) >= 11 is 0. The van der Waals surface area contributed by atoms with Crippen LogP contribution in [0.1, 0.15) is 22.3 Å². The zero-order valence-corrected chi connectivity index (χ0v) is 27.8. The summed E-state index contributed by atoms with van der Waals surface area (Å²) in [6.07, 6.45) is 0. The molecule has 0 atom stereocenters. The van der Waals surface area contributed by atoms with E-state index in [1.54, 1.807) is 0 Å². The van der Waals surface area contributed by atoms with Gasteiger partial charge in [0.25, 0.3) is 0 Å². The summed E-state index contributed by atoms with van der Waals surface area (Å²) in [6, 6.07) is 1.21. The van der Waals surface area contributed by atoms with Gasteiger partial charge in [-0.05, 0) is 22.3 Å². The van der Waals surface area contributed by atoms with Crippen LogP contribution in [0.15, 0.2) is 12.1 Å². The van der Waals surface area contributed by atoms with Crippen LogP contribution in [-0.4, -0.2) is 51.9 Å². The minimum Gasteiger partial charge on any atom is -0.748 e. The smallest absolute Gasteiger partial charge is 0.748 e. The molecule has 0 bridgehead atoms. The van der Waals surface area contributed by atoms with E-state index in [0.717, 1.165) is 0 Å². The van der Waals surface area contributed by atoms with Crippen LogP contribution in [0.2, 0.25) is 0 Å². The number of hydrogen-bond donors (Lipinski definition) is 0. The van der Waals surface area contributed by atoms with Gasteiger partial charge in [0.15, 0.2) is 0 Å². The van der Waals surface area contributed by atoms with Gasteiger partial charge in [-0.2, -0.15) is 0 Å². The van der Waals surface area contributed by atoms with Crippen molar-refractivity contribution >= 4 is 40.5 Å². The van der Waals surface area contributed by atoms with Gasteiger partial charge >= 0.3 is 118 Å². The SMILES string of the molecule is O=S(=O)([O-])Cc1cc(CS(=O)(=O)[O-])c(CS(=O)(=O)[O-])cc1CS(=O)(=O)[O-].[Na+].[Na+].[Na+].[Na+]. The van der Waals surface area contributed by atoms with Crippen LogP contribution < -0.4 is 118 Å². The third-order valence-electron chi connectivity index (χ3n) is 2.85. The standard InChI is InChI=1S/C10H14O12S4.4Na/c11-23(12,13)3-7-1-8(4-24(14,15)16)10(6-26(20,21)22)2-9(7)5-25(17,18)19;;;;/h1-2H,3-6H2,(H,11,12,13)(H,14,15,16)(H,17,18,19)(H,20,21,22);;;;/q;4*+1/p-4. The van der Waals surface area contributed by atoms with Crippen molar-refractivity contribution in [3.63, 3.8) is 0 Å². The van der Waals surface area contributed by atoms with Crippen molar-refractivity contribution in [3.05, 3.63) is 34.4 Å². The number of benzene rings is 1. The van der Waals surface area contributed by atoms with E-state index in [1.165, 1.54) is 0 Å². The Morgan fingerprint density at radius 2 is 0.567 bits per heavy atom. The normalized spacial score (nSPS) is 11.9. The third-order valence-corrected chi connectivity index (χ3v) is 5.51. The third kappa shape index (κ3) is 18.2. The van der Waals surface area contributed by atoms with E-state index in [0.29, 0.717) is 12.1 Å². The first kappa shape index (κ1) is 40.0. The second-order valence-electron chi connectivity index (χ2n) is 5.20. The van der Waals surface area contributed by atoms with Crippen LogP contribution in [-0.2, 0) is 63.5 Å². The summed E-state index contributed by atoms with van der Waals surface area (Å²) in [6.45, 7) is 0. The predicted octanol–water partition coefficient (Wildman–Crippen LogP) is -14.1. The maximum Gasteiger partial charge on any atom is 1.00 e. The Balaban J connectivity index is -0.000000845. The summed E-state index contributed by atoms with van der Waals surface area (Å²) in [4.78, 5) is 0. The summed E-state index contributed by atoms with van der Waals surface area (Å²) in [5, 5.41) is 0. The van der Waals surface area contributed by atoms with Crippen molar-refractivity contribution in [2.24, 2.45) is 0 Å². The van der Waals surface area contributed by atoms with Crippen molar-refractivity contribution in [1.82, 2.24) is 0 Å². The van der Waals surface area contributed by atoms with Crippen molar-refractivity contribution in [2.45, 2.75) is 23.0 Å². The Bertz CT molecular complexity index is 949. The van der Waals surface area contributed by atoms with Crippen LogP contribution in [0.4, 0.5) is 0 Å². The molecule has 0 saturated heterocycles. The van der Waals surface area contributed by atoms with E-state index in [-0.39, 0.29) is 118 Å². The fourth-order valence-corrected chi connectivity index (χ4v) is 4.69. The molecule has 12 nitrogen and oxygen atoms in total. The molecule has 0 amide bonds. The maximum absolute atomic E-state index is 10.9. The molecule has 0 N–H and O–H groups in total. The van der Waals surface area contributed by atoms with Crippen molar-refractivity contribution in [1.29, 1.82) is 0 Å². The molecule has 1 rings (SSSR count). The summed E-state index contributed by atoms with van der Waals surface area (Å²) in [5.41, 5.74) is -2.43. The Morgan fingerprint density at radius 3 is 0.667 bits per heavy atom. The van der Waals surface area contributed by atoms with Gasteiger partial charge in [0.2, 0.25) is 0 Å². The van der Waals surface area contributed by atoms with Gasteiger partial charge in [-0.15, -0.1) is 0 Å². The molecule has 1 aromatic rings. The Labute approximate surface area is 263 Å². The topological polar surface area (TPSA) is 229 Å². The van der Waals surface area contributed by atoms with Gasteiger partial charge in [0.05, 0.1) is 63.5 Å². The Morgan fingerprint density at radius 1 is 0.433 bits per heavy atom. The van der Waals surface area contributed by atoms with E-state index in [1.807, 2.05) is 0 Å². The molecule has 0 aliphatic rings. The van der Waals surface area contributed by atoms with E-state index < -0.39 is 85.7 Å². The number of rotatable bonds is 8. The van der Waals surface area contributed by atoms with Gasteiger partial charge < -0.3 is 18.2 Å². The molecule has 0 aliphatic carbocycles. The van der Waals surface area contributed by atoms with Crippen LogP contribution in [0.3, 0.4) is 0 Å². The van der Waals surface area contributed by atoms with Gasteiger partial charge in [0, 0.05) is 0 Å². The summed E-state index contributed by atoms with van der Waals surface area (Å²) in [7, 11) is -20.1. The van der Waals surface area contributed by atoms with E-state index in [4.69, 9.17) is 0 Å². The van der Waals surface area contributed by atoms with Gasteiger partial charge in [-0.25, -0.2) is 33.7 Å². The van der Waals surface area contributed by atoms with Crippen LogP contribution in [0.25, 0.3) is 0 Å². The van der Waals surface area contributed by atoms with E-state index in [9.17, 15) is 51.9 Å². The first-order valence-electron chi connectivity index (χ1n) is 6.22. The molecule has 0 spiro atoms. The molecule has 0 unspecified atom stereocenters. The largest absolute Gasteiger partial charge is 1.00 e. The molecule has 0 heterocycles. The molecule has 150 valence electrons. The molecular weight excluding hydrogens is 532 g/mol. The molecule has 20 heteroatoms. The average molecular weight is 542 g/mol. The quantitative estimate of drug-likeness (QED) is 0.220. The first-order chi connectivity index (χ1) is 11.3. The molecule has 0 saturated carbocycles. The second kappa shape index (κ2) is 15.1. The fourth-order valence-electron chi connectivity index (χ4n) is 2.09. The molecule has 1 aromatic carbocycles. The minimum atomic E-state index is -5.02. The Hall–Kier alpha value is 2.86. The average Bonchev–Trinajstić information content (AvgIpc) is 2.26. The van der Waals surface area contributed by atoms with Crippen molar-refractivity contribution in [3.8, 4) is 0 Å². The summed E-state index contributed by atoms with van der Waals surface area (Å²) < 4.78 is 131. The monoisotopic (exact) mass is 542 g/mol. The fraction of sp³-hybridized carbons (Fsp3) is 0.400. The zero-order chi connectivity index (χ0) is 20.6. The molecule has 0 aliphatic heterocycles. The zero-order valence-electron chi connectivity index (χ0n) is 16.5. The molecule has 0 fully saturated rings. The van der Waals surface area contributed by atoms with Crippen molar-refractivity contribution < 1.29 is 170 Å². The van der Waals surface area contributed by atoms with Gasteiger partial charge in [-0.1, -0.05) is 12.1 Å². The predicted molar refractivity (Wildman–Crippen MR) is 80.0 cm³/mol. The first-order valence-corrected chi connectivity index (χ1v) is 12.5. The molecule has 30 heavy (non-hydrogen) atoms. The van der Waals surface area contributed by atoms with Gasteiger partial charge in [-0.3, -0.25) is 0 Å². The summed E-state index contributed by atoms with van der Waals surface area (Å²) in [5.74, 6) is -5.41. The maximum atomic E-state index is 10.9. The second-order valence-corrected chi connectivity index (χ2v) is 10.8. The van der Waals surface area contributed by atoms with Crippen LogP contribution in [0.5, 0.6) is 0 Å². The minimum absolute atomic E-state index is 0. The molecular formula is C10H10Na4O12S4. The molecule has 0 radical (unpaired) electrons. The Kier molecular flexibility index (Phi) is 20.1. The van der Waals surface area contributed by atoms with Crippen LogP contribution in [0, 0.1) is 0 Å². The number of hydrogen-bond acceptors (Lipinski definition) is 12. The van der Waals surface area contributed by atoms with Crippen LogP contribution >= 0.6 is 0 Å².